The largest absolute Gasteiger partial charge is 0.463 e. The standard InChI is InChI=1S/C23H20N2O3/c1-16-6-5-7-18(12-16)24-13-17-14-25(21-9-4-3-8-20(17)21)15-19-10-11-22(28-19)23(26)27-2/h3-14H,15H2,1-2H3. The van der Waals surface area contributed by atoms with Crippen molar-refractivity contribution in [2.75, 3.05) is 7.11 Å². The second kappa shape index (κ2) is 7.56. The van der Waals surface area contributed by atoms with Crippen LogP contribution in [-0.4, -0.2) is 23.9 Å². The molecular weight excluding hydrogens is 352 g/mol. The number of benzene rings is 2. The lowest BCUT2D eigenvalue weighted by atomic mass is 10.2. The van der Waals surface area contributed by atoms with Gasteiger partial charge in [-0.3, -0.25) is 4.99 Å². The van der Waals surface area contributed by atoms with Crippen molar-refractivity contribution in [3.63, 3.8) is 0 Å². The van der Waals surface area contributed by atoms with Crippen molar-refractivity contribution in [2.45, 2.75) is 13.5 Å². The summed E-state index contributed by atoms with van der Waals surface area (Å²) in [4.78, 5) is 16.2. The van der Waals surface area contributed by atoms with E-state index < -0.39 is 5.97 Å². The van der Waals surface area contributed by atoms with Gasteiger partial charge >= 0.3 is 5.97 Å². The normalized spacial score (nSPS) is 11.4. The number of hydrogen-bond donors (Lipinski definition) is 0. The number of furan rings is 1. The summed E-state index contributed by atoms with van der Waals surface area (Å²) in [6.45, 7) is 2.56. The fourth-order valence-electron chi connectivity index (χ4n) is 3.20. The molecule has 0 aliphatic carbocycles. The van der Waals surface area contributed by atoms with Gasteiger partial charge in [0.05, 0.1) is 19.3 Å². The molecule has 28 heavy (non-hydrogen) atoms. The molecule has 0 radical (unpaired) electrons. The van der Waals surface area contributed by atoms with Crippen LogP contribution in [0.15, 0.2) is 76.3 Å². The SMILES string of the molecule is COC(=O)c1ccc(Cn2cc(C=Nc3cccc(C)c3)c3ccccc32)o1. The number of hydrogen-bond acceptors (Lipinski definition) is 4. The van der Waals surface area contributed by atoms with E-state index in [1.807, 2.05) is 42.7 Å². The van der Waals surface area contributed by atoms with Gasteiger partial charge in [-0.05, 0) is 42.8 Å². The maximum absolute atomic E-state index is 11.6. The zero-order valence-electron chi connectivity index (χ0n) is 15.8. The number of ether oxygens (including phenoxy) is 1. The fraction of sp³-hybridized carbons (Fsp3) is 0.130. The molecule has 140 valence electrons. The molecule has 2 aromatic carbocycles. The third-order valence-electron chi connectivity index (χ3n) is 4.55. The third kappa shape index (κ3) is 3.60. The van der Waals surface area contributed by atoms with E-state index in [0.29, 0.717) is 12.3 Å². The quantitative estimate of drug-likeness (QED) is 0.360. The summed E-state index contributed by atoms with van der Waals surface area (Å²) in [6, 6.07) is 19.7. The zero-order chi connectivity index (χ0) is 19.5. The van der Waals surface area contributed by atoms with E-state index in [1.165, 1.54) is 12.7 Å². The average molecular weight is 372 g/mol. The van der Waals surface area contributed by atoms with Crippen LogP contribution in [-0.2, 0) is 11.3 Å². The Balaban J connectivity index is 1.66. The van der Waals surface area contributed by atoms with Crippen LogP contribution >= 0.6 is 0 Å². The molecule has 0 fully saturated rings. The van der Waals surface area contributed by atoms with E-state index >= 15 is 0 Å². The lowest BCUT2D eigenvalue weighted by Gasteiger charge is -2.02. The van der Waals surface area contributed by atoms with Crippen molar-refractivity contribution in [3.8, 4) is 0 Å². The molecule has 0 atom stereocenters. The molecule has 5 nitrogen and oxygen atoms in total. The van der Waals surface area contributed by atoms with Gasteiger partial charge in [0.15, 0.2) is 0 Å². The van der Waals surface area contributed by atoms with Crippen LogP contribution in [0.25, 0.3) is 10.9 Å². The number of fused-ring (bicyclic) bond motifs is 1. The number of carbonyl (C=O) groups excluding carboxylic acids is 1. The first kappa shape index (κ1) is 17.8. The van der Waals surface area contributed by atoms with Gasteiger partial charge in [-0.15, -0.1) is 0 Å². The van der Waals surface area contributed by atoms with Crippen LogP contribution in [0.2, 0.25) is 0 Å². The van der Waals surface area contributed by atoms with Gasteiger partial charge in [0, 0.05) is 28.9 Å². The third-order valence-corrected chi connectivity index (χ3v) is 4.55. The molecule has 0 amide bonds. The van der Waals surface area contributed by atoms with Crippen molar-refractivity contribution in [3.05, 3.63) is 89.5 Å². The van der Waals surface area contributed by atoms with Gasteiger partial charge in [0.25, 0.3) is 0 Å². The Labute approximate surface area is 162 Å². The number of aryl methyl sites for hydroxylation is 1. The summed E-state index contributed by atoms with van der Waals surface area (Å²) in [5, 5.41) is 1.11. The van der Waals surface area contributed by atoms with Gasteiger partial charge in [-0.1, -0.05) is 30.3 Å². The number of methoxy groups -OCH3 is 1. The van der Waals surface area contributed by atoms with Crippen molar-refractivity contribution in [1.82, 2.24) is 4.57 Å². The lowest BCUT2D eigenvalue weighted by Crippen LogP contribution is -1.99. The molecule has 0 unspecified atom stereocenters. The van der Waals surface area contributed by atoms with Crippen LogP contribution < -0.4 is 0 Å². The van der Waals surface area contributed by atoms with Gasteiger partial charge in [0.2, 0.25) is 5.76 Å². The molecule has 0 saturated heterocycles. The lowest BCUT2D eigenvalue weighted by molar-refractivity contribution is 0.0563. The smallest absolute Gasteiger partial charge is 0.373 e. The highest BCUT2D eigenvalue weighted by atomic mass is 16.5. The number of carbonyl (C=O) groups is 1. The first-order valence-corrected chi connectivity index (χ1v) is 8.99. The molecule has 0 spiro atoms. The molecule has 4 rings (SSSR count). The summed E-state index contributed by atoms with van der Waals surface area (Å²) in [5.74, 6) is 0.410. The summed E-state index contributed by atoms with van der Waals surface area (Å²) >= 11 is 0. The van der Waals surface area contributed by atoms with Gasteiger partial charge in [-0.2, -0.15) is 0 Å². The second-order valence-corrected chi connectivity index (χ2v) is 6.58. The highest BCUT2D eigenvalue weighted by Crippen LogP contribution is 2.23. The number of aliphatic imine (C=N–C) groups is 1. The van der Waals surface area contributed by atoms with Gasteiger partial charge < -0.3 is 13.7 Å². The molecule has 2 aromatic heterocycles. The first-order chi connectivity index (χ1) is 13.6. The van der Waals surface area contributed by atoms with Crippen LogP contribution in [0.1, 0.15) is 27.4 Å². The molecule has 0 saturated carbocycles. The van der Waals surface area contributed by atoms with Crippen molar-refractivity contribution < 1.29 is 13.9 Å². The summed E-state index contributed by atoms with van der Waals surface area (Å²) in [5.41, 5.74) is 4.20. The molecule has 0 aliphatic rings. The summed E-state index contributed by atoms with van der Waals surface area (Å²) < 4.78 is 12.4. The van der Waals surface area contributed by atoms with E-state index in [4.69, 9.17) is 9.15 Å². The van der Waals surface area contributed by atoms with E-state index in [0.717, 1.165) is 22.2 Å². The molecule has 5 heteroatoms. The van der Waals surface area contributed by atoms with Crippen LogP contribution in [0, 0.1) is 6.92 Å². The molecule has 0 aliphatic heterocycles. The predicted molar refractivity (Wildman–Crippen MR) is 110 cm³/mol. The Bertz CT molecular complexity index is 1170. The van der Waals surface area contributed by atoms with Crippen molar-refractivity contribution >= 4 is 28.8 Å². The molecule has 0 bridgehead atoms. The minimum absolute atomic E-state index is 0.204. The maximum Gasteiger partial charge on any atom is 0.373 e. The predicted octanol–water partition coefficient (Wildman–Crippen LogP) is 5.13. The van der Waals surface area contributed by atoms with E-state index in [1.54, 1.807) is 12.1 Å². The maximum atomic E-state index is 11.6. The Morgan fingerprint density at radius 2 is 2.00 bits per heavy atom. The Morgan fingerprint density at radius 1 is 1.14 bits per heavy atom. The highest BCUT2D eigenvalue weighted by Gasteiger charge is 2.13. The molecule has 0 N–H and O–H groups in total. The monoisotopic (exact) mass is 372 g/mol. The van der Waals surface area contributed by atoms with Crippen LogP contribution in [0.3, 0.4) is 0 Å². The van der Waals surface area contributed by atoms with Crippen LogP contribution in [0.5, 0.6) is 0 Å². The number of aromatic nitrogens is 1. The Hall–Kier alpha value is -3.60. The first-order valence-electron chi connectivity index (χ1n) is 8.99. The fourth-order valence-corrected chi connectivity index (χ4v) is 3.20. The van der Waals surface area contributed by atoms with Crippen LogP contribution in [0.4, 0.5) is 5.69 Å². The van der Waals surface area contributed by atoms with E-state index in [-0.39, 0.29) is 5.76 Å². The summed E-state index contributed by atoms with van der Waals surface area (Å²) in [7, 11) is 1.34. The number of esters is 1. The molecular formula is C23H20N2O3. The second-order valence-electron chi connectivity index (χ2n) is 6.58. The minimum atomic E-state index is -0.477. The number of rotatable bonds is 5. The van der Waals surface area contributed by atoms with Crippen molar-refractivity contribution in [1.29, 1.82) is 0 Å². The number of nitrogens with zero attached hydrogens (tertiary/aromatic N) is 2. The highest BCUT2D eigenvalue weighted by molar-refractivity contribution is 6.00. The minimum Gasteiger partial charge on any atom is -0.463 e. The summed E-state index contributed by atoms with van der Waals surface area (Å²) in [6.07, 6.45) is 3.93. The topological polar surface area (TPSA) is 56.7 Å². The van der Waals surface area contributed by atoms with Gasteiger partial charge in [0.1, 0.15) is 5.76 Å². The number of para-hydroxylation sites is 1. The Morgan fingerprint density at radius 3 is 2.82 bits per heavy atom. The molecule has 2 heterocycles. The van der Waals surface area contributed by atoms with Gasteiger partial charge in [-0.25, -0.2) is 4.79 Å². The van der Waals surface area contributed by atoms with E-state index in [9.17, 15) is 4.79 Å². The molecule has 4 aromatic rings. The average Bonchev–Trinajstić information content (AvgIpc) is 3.31. The zero-order valence-corrected chi connectivity index (χ0v) is 15.8. The Kier molecular flexibility index (Phi) is 4.81. The van der Waals surface area contributed by atoms with E-state index in [2.05, 4.69) is 34.7 Å². The van der Waals surface area contributed by atoms with Crippen molar-refractivity contribution in [2.24, 2.45) is 4.99 Å².